The van der Waals surface area contributed by atoms with E-state index in [0.29, 0.717) is 18.2 Å². The van der Waals surface area contributed by atoms with Crippen LogP contribution in [0.25, 0.3) is 0 Å². The van der Waals surface area contributed by atoms with Crippen molar-refractivity contribution >= 4 is 22.9 Å². The minimum Gasteiger partial charge on any atom is -0.372 e. The van der Waals surface area contributed by atoms with Crippen molar-refractivity contribution in [2.45, 2.75) is 33.4 Å². The second-order valence-electron chi connectivity index (χ2n) is 5.33. The maximum absolute atomic E-state index is 12.5. The zero-order chi connectivity index (χ0) is 15.4. The number of amides is 1. The SMILES string of the molecule is Cc1ccc(N(C)C(C)C)c(C(=O)NCc2nccs2)c1. The topological polar surface area (TPSA) is 45.2 Å². The number of anilines is 1. The molecule has 2 aromatic rings. The van der Waals surface area contributed by atoms with Gasteiger partial charge in [0.1, 0.15) is 5.01 Å². The lowest BCUT2D eigenvalue weighted by Crippen LogP contribution is -2.30. The number of nitrogens with one attached hydrogen (secondary N) is 1. The molecule has 1 amide bonds. The summed E-state index contributed by atoms with van der Waals surface area (Å²) in [6.07, 6.45) is 1.75. The van der Waals surface area contributed by atoms with E-state index in [2.05, 4.69) is 29.0 Å². The third-order valence-electron chi connectivity index (χ3n) is 3.43. The lowest BCUT2D eigenvalue weighted by Gasteiger charge is -2.26. The van der Waals surface area contributed by atoms with Crippen molar-refractivity contribution in [3.8, 4) is 0 Å². The molecule has 0 bridgehead atoms. The molecule has 5 heteroatoms. The van der Waals surface area contributed by atoms with Crippen LogP contribution in [0.5, 0.6) is 0 Å². The van der Waals surface area contributed by atoms with E-state index in [4.69, 9.17) is 0 Å². The molecule has 0 aliphatic rings. The first-order chi connectivity index (χ1) is 9.99. The third-order valence-corrected chi connectivity index (χ3v) is 4.21. The van der Waals surface area contributed by atoms with E-state index in [-0.39, 0.29) is 5.91 Å². The van der Waals surface area contributed by atoms with Gasteiger partial charge < -0.3 is 10.2 Å². The largest absolute Gasteiger partial charge is 0.372 e. The highest BCUT2D eigenvalue weighted by atomic mass is 32.1. The molecule has 0 spiro atoms. The van der Waals surface area contributed by atoms with Gasteiger partial charge in [0, 0.05) is 30.4 Å². The lowest BCUT2D eigenvalue weighted by molar-refractivity contribution is 0.0951. The predicted octanol–water partition coefficient (Wildman–Crippen LogP) is 3.23. The molecule has 0 radical (unpaired) electrons. The number of aromatic nitrogens is 1. The third kappa shape index (κ3) is 3.82. The Bertz CT molecular complexity index is 608. The molecule has 112 valence electrons. The zero-order valence-electron chi connectivity index (χ0n) is 12.9. The molecular formula is C16H21N3OS. The fraction of sp³-hybridized carbons (Fsp3) is 0.375. The van der Waals surface area contributed by atoms with Gasteiger partial charge in [-0.15, -0.1) is 11.3 Å². The molecule has 0 fully saturated rings. The quantitative estimate of drug-likeness (QED) is 0.922. The normalized spacial score (nSPS) is 10.7. The first-order valence-corrected chi connectivity index (χ1v) is 7.87. The lowest BCUT2D eigenvalue weighted by atomic mass is 10.1. The van der Waals surface area contributed by atoms with Crippen molar-refractivity contribution in [2.24, 2.45) is 0 Å². The fourth-order valence-corrected chi connectivity index (χ4v) is 2.56. The van der Waals surface area contributed by atoms with E-state index in [1.54, 1.807) is 17.5 Å². The number of aryl methyl sites for hydroxylation is 1. The highest BCUT2D eigenvalue weighted by Crippen LogP contribution is 2.23. The van der Waals surface area contributed by atoms with Crippen molar-refractivity contribution in [2.75, 3.05) is 11.9 Å². The Morgan fingerprint density at radius 2 is 2.19 bits per heavy atom. The maximum Gasteiger partial charge on any atom is 0.253 e. The van der Waals surface area contributed by atoms with E-state index in [0.717, 1.165) is 16.3 Å². The number of carbonyl (C=O) groups excluding carboxylic acids is 1. The van der Waals surface area contributed by atoms with Crippen LogP contribution in [0.1, 0.15) is 34.8 Å². The smallest absolute Gasteiger partial charge is 0.253 e. The molecule has 0 aliphatic heterocycles. The van der Waals surface area contributed by atoms with Crippen LogP contribution in [0.2, 0.25) is 0 Å². The molecule has 0 unspecified atom stereocenters. The zero-order valence-corrected chi connectivity index (χ0v) is 13.7. The molecule has 1 aromatic carbocycles. The molecule has 0 saturated carbocycles. The van der Waals surface area contributed by atoms with Crippen molar-refractivity contribution in [3.05, 3.63) is 45.9 Å². The monoisotopic (exact) mass is 303 g/mol. The van der Waals surface area contributed by atoms with Crippen LogP contribution in [0.3, 0.4) is 0 Å². The second-order valence-corrected chi connectivity index (χ2v) is 6.31. The summed E-state index contributed by atoms with van der Waals surface area (Å²) >= 11 is 1.54. The Hall–Kier alpha value is -1.88. The number of hydrogen-bond acceptors (Lipinski definition) is 4. The Morgan fingerprint density at radius 1 is 1.43 bits per heavy atom. The number of nitrogens with zero attached hydrogens (tertiary/aromatic N) is 2. The molecule has 1 N–H and O–H groups in total. The average Bonchev–Trinajstić information content (AvgIpc) is 2.97. The second kappa shape index (κ2) is 6.72. The standard InChI is InChI=1S/C16H21N3OS/c1-11(2)19(4)14-6-5-12(3)9-13(14)16(20)18-10-15-17-7-8-21-15/h5-9,11H,10H2,1-4H3,(H,18,20). The van der Waals surface area contributed by atoms with E-state index < -0.39 is 0 Å². The minimum atomic E-state index is -0.0589. The van der Waals surface area contributed by atoms with Gasteiger partial charge in [-0.1, -0.05) is 11.6 Å². The Kier molecular flexibility index (Phi) is 4.96. The van der Waals surface area contributed by atoms with Crippen molar-refractivity contribution in [3.63, 3.8) is 0 Å². The van der Waals surface area contributed by atoms with Gasteiger partial charge in [-0.05, 0) is 32.9 Å². The summed E-state index contributed by atoms with van der Waals surface area (Å²) in [6, 6.07) is 6.31. The minimum absolute atomic E-state index is 0.0589. The van der Waals surface area contributed by atoms with Crippen LogP contribution in [0, 0.1) is 6.92 Å². The first-order valence-electron chi connectivity index (χ1n) is 6.99. The molecule has 21 heavy (non-hydrogen) atoms. The Morgan fingerprint density at radius 3 is 2.81 bits per heavy atom. The highest BCUT2D eigenvalue weighted by Gasteiger charge is 2.16. The van der Waals surface area contributed by atoms with E-state index in [9.17, 15) is 4.79 Å². The Labute approximate surface area is 129 Å². The van der Waals surface area contributed by atoms with Crippen molar-refractivity contribution in [1.29, 1.82) is 0 Å². The molecule has 0 atom stereocenters. The summed E-state index contributed by atoms with van der Waals surface area (Å²) in [5.41, 5.74) is 2.74. The molecule has 2 rings (SSSR count). The number of rotatable bonds is 5. The molecular weight excluding hydrogens is 282 g/mol. The van der Waals surface area contributed by atoms with Crippen molar-refractivity contribution < 1.29 is 4.79 Å². The summed E-state index contributed by atoms with van der Waals surface area (Å²) < 4.78 is 0. The highest BCUT2D eigenvalue weighted by molar-refractivity contribution is 7.09. The molecule has 1 aromatic heterocycles. The van der Waals surface area contributed by atoms with Gasteiger partial charge >= 0.3 is 0 Å². The molecule has 1 heterocycles. The van der Waals surface area contributed by atoms with Gasteiger partial charge in [0.05, 0.1) is 12.1 Å². The van der Waals surface area contributed by atoms with Gasteiger partial charge in [0.15, 0.2) is 0 Å². The van der Waals surface area contributed by atoms with Crippen LogP contribution in [0.15, 0.2) is 29.8 Å². The summed E-state index contributed by atoms with van der Waals surface area (Å²) in [6.45, 7) is 6.68. The van der Waals surface area contributed by atoms with E-state index >= 15 is 0 Å². The van der Waals surface area contributed by atoms with Crippen LogP contribution in [-0.2, 0) is 6.54 Å². The van der Waals surface area contributed by atoms with Gasteiger partial charge in [-0.25, -0.2) is 4.98 Å². The fourth-order valence-electron chi connectivity index (χ4n) is 2.01. The van der Waals surface area contributed by atoms with E-state index in [1.165, 1.54) is 0 Å². The van der Waals surface area contributed by atoms with Gasteiger partial charge in [0.2, 0.25) is 0 Å². The summed E-state index contributed by atoms with van der Waals surface area (Å²) in [5.74, 6) is -0.0589. The Balaban J connectivity index is 2.20. The van der Waals surface area contributed by atoms with Gasteiger partial charge in [-0.2, -0.15) is 0 Å². The average molecular weight is 303 g/mol. The number of carbonyl (C=O) groups is 1. The molecule has 0 saturated heterocycles. The van der Waals surface area contributed by atoms with Crippen molar-refractivity contribution in [1.82, 2.24) is 10.3 Å². The van der Waals surface area contributed by atoms with Gasteiger partial charge in [0.25, 0.3) is 5.91 Å². The summed E-state index contributed by atoms with van der Waals surface area (Å²) in [4.78, 5) is 18.8. The first kappa shape index (κ1) is 15.5. The van der Waals surface area contributed by atoms with Crippen LogP contribution in [0.4, 0.5) is 5.69 Å². The number of thiazole rings is 1. The summed E-state index contributed by atoms with van der Waals surface area (Å²) in [5, 5.41) is 5.77. The maximum atomic E-state index is 12.5. The van der Waals surface area contributed by atoms with E-state index in [1.807, 2.05) is 37.6 Å². The molecule has 4 nitrogen and oxygen atoms in total. The van der Waals surface area contributed by atoms with Crippen LogP contribution < -0.4 is 10.2 Å². The molecule has 0 aliphatic carbocycles. The van der Waals surface area contributed by atoms with Crippen LogP contribution >= 0.6 is 11.3 Å². The predicted molar refractivity (Wildman–Crippen MR) is 88.0 cm³/mol. The van der Waals surface area contributed by atoms with Crippen LogP contribution in [-0.4, -0.2) is 24.0 Å². The summed E-state index contributed by atoms with van der Waals surface area (Å²) in [7, 11) is 2.01. The number of hydrogen-bond donors (Lipinski definition) is 1. The van der Waals surface area contributed by atoms with Gasteiger partial charge in [-0.3, -0.25) is 4.79 Å². The number of benzene rings is 1.